The summed E-state index contributed by atoms with van der Waals surface area (Å²) in [6, 6.07) is 0. The summed E-state index contributed by atoms with van der Waals surface area (Å²) in [5.74, 6) is -2.47. The summed E-state index contributed by atoms with van der Waals surface area (Å²) in [6.45, 7) is 0. The molecule has 0 rings (SSSR count). The van der Waals surface area contributed by atoms with Crippen LogP contribution in [0, 0.1) is 0 Å². The second-order valence-electron chi connectivity index (χ2n) is 2.23. The van der Waals surface area contributed by atoms with Crippen LogP contribution >= 0.6 is 25.3 Å². The van der Waals surface area contributed by atoms with Gasteiger partial charge in [-0.2, -0.15) is 25.3 Å². The molecule has 0 aromatic rings. The molecule has 10 heteroatoms. The van der Waals surface area contributed by atoms with Crippen LogP contribution in [-0.4, -0.2) is 40.3 Å². The van der Waals surface area contributed by atoms with Gasteiger partial charge in [0, 0.05) is 11.9 Å². The molecule has 0 fully saturated rings. The zero-order valence-electron chi connectivity index (χ0n) is 9.33. The van der Waals surface area contributed by atoms with Gasteiger partial charge in [-0.15, -0.1) is 0 Å². The number of rotatable bonds is 5. The van der Waals surface area contributed by atoms with Crippen LogP contribution < -0.4 is 10.2 Å². The van der Waals surface area contributed by atoms with Crippen LogP contribution in [0.15, 0.2) is 0 Å². The van der Waals surface area contributed by atoms with Gasteiger partial charge in [-0.05, 0) is 24.3 Å². The van der Waals surface area contributed by atoms with E-state index in [4.69, 9.17) is 5.11 Å². The Labute approximate surface area is 137 Å². The van der Waals surface area contributed by atoms with Crippen molar-refractivity contribution in [2.75, 3.05) is 17.3 Å². The Bertz CT molecular complexity index is 211. The number of thiol groups is 2. The van der Waals surface area contributed by atoms with Crippen molar-refractivity contribution >= 4 is 55.8 Å². The number of carbonyl (C=O) groups is 3. The van der Waals surface area contributed by atoms with E-state index in [0.717, 1.165) is 0 Å². The van der Waals surface area contributed by atoms with Gasteiger partial charge in [0.15, 0.2) is 0 Å². The number of aliphatic carboxylic acids is 3. The standard InChI is InChI=1S/2C3H6O2S.C2H4O2S.Ti/c2*4-3(5)1-2-6;3-2(4)1-5;/h2*6H,1-2H2,(H,4,5);5H,1H2,(H,3,4);/q;;;+4/p-3. The molecule has 0 spiro atoms. The summed E-state index contributed by atoms with van der Waals surface area (Å²) < 4.78 is 0. The maximum atomic E-state index is 9.44. The first-order valence-corrected chi connectivity index (χ1v) is 6.07. The summed E-state index contributed by atoms with van der Waals surface area (Å²) in [7, 11) is 0. The van der Waals surface area contributed by atoms with Crippen molar-refractivity contribution in [2.45, 2.75) is 12.8 Å². The van der Waals surface area contributed by atoms with E-state index in [1.165, 1.54) is 0 Å². The van der Waals surface area contributed by atoms with E-state index >= 15 is 0 Å². The van der Waals surface area contributed by atoms with Crippen LogP contribution in [0.25, 0.3) is 0 Å². The monoisotopic (exact) mass is 349 g/mol. The summed E-state index contributed by atoms with van der Waals surface area (Å²) >= 11 is 11.4. The molecule has 0 aromatic heterocycles. The van der Waals surface area contributed by atoms with Crippen molar-refractivity contribution in [3.05, 3.63) is 0 Å². The SMILES string of the molecule is O=C(O)C[S-].O=C([O-])CCS.O=C([O-])CCS.[Ti+4]. The first kappa shape index (κ1) is 26.7. The van der Waals surface area contributed by atoms with Crippen molar-refractivity contribution in [1.29, 1.82) is 0 Å². The third kappa shape index (κ3) is 55.7. The summed E-state index contributed by atoms with van der Waals surface area (Å²) in [6.07, 6.45) is 0.0895. The quantitative estimate of drug-likeness (QED) is 0.291. The van der Waals surface area contributed by atoms with Gasteiger partial charge in [0.25, 0.3) is 5.97 Å². The summed E-state index contributed by atoms with van der Waals surface area (Å²) in [5, 5.41) is 26.5. The molecular weight excluding hydrogens is 336 g/mol. The molecule has 0 aromatic carbocycles. The second-order valence-corrected chi connectivity index (χ2v) is 3.41. The van der Waals surface area contributed by atoms with Gasteiger partial charge in [-0.1, -0.05) is 5.75 Å². The van der Waals surface area contributed by atoms with Gasteiger partial charge in [-0.25, -0.2) is 0 Å². The molecule has 0 saturated carbocycles. The minimum Gasteiger partial charge on any atom is -0.782 e. The fourth-order valence-corrected chi connectivity index (χ4v) is 0.548. The van der Waals surface area contributed by atoms with E-state index in [0.29, 0.717) is 11.5 Å². The number of hydrogen-bond acceptors (Lipinski definition) is 8. The fraction of sp³-hybridized carbons (Fsp3) is 0.625. The molecule has 0 heterocycles. The normalized spacial score (nSPS) is 7.50. The van der Waals surface area contributed by atoms with Crippen LogP contribution in [0.1, 0.15) is 12.8 Å². The van der Waals surface area contributed by atoms with Crippen molar-refractivity contribution in [3.63, 3.8) is 0 Å². The molecule has 102 valence electrons. The molecule has 0 amide bonds. The number of carboxylic acids is 3. The van der Waals surface area contributed by atoms with Crippen molar-refractivity contribution in [3.8, 4) is 0 Å². The minimum atomic E-state index is -1.04. The van der Waals surface area contributed by atoms with E-state index in [-0.39, 0.29) is 40.3 Å². The Kier molecular flexibility index (Phi) is 33.1. The Balaban J connectivity index is -0.0000000799. The van der Waals surface area contributed by atoms with Gasteiger partial charge in [0.1, 0.15) is 0 Å². The van der Waals surface area contributed by atoms with Crippen LogP contribution in [0.3, 0.4) is 0 Å². The molecule has 18 heavy (non-hydrogen) atoms. The van der Waals surface area contributed by atoms with Crippen LogP contribution in [0.4, 0.5) is 0 Å². The molecule has 0 aliphatic carbocycles. The van der Waals surface area contributed by atoms with Gasteiger partial charge < -0.3 is 37.5 Å². The minimum absolute atomic E-state index is 0. The van der Waals surface area contributed by atoms with Crippen molar-refractivity contribution in [1.82, 2.24) is 0 Å². The maximum absolute atomic E-state index is 9.44. The summed E-state index contributed by atoms with van der Waals surface area (Å²) in [4.78, 5) is 28.1. The Hall–Kier alpha value is 0.174. The van der Waals surface area contributed by atoms with Crippen LogP contribution in [-0.2, 0) is 48.7 Å². The van der Waals surface area contributed by atoms with Gasteiger partial charge in [0.05, 0.1) is 0 Å². The first-order valence-electron chi connectivity index (χ1n) is 4.23. The zero-order valence-corrected chi connectivity index (χ0v) is 13.5. The van der Waals surface area contributed by atoms with E-state index in [1.807, 2.05) is 0 Å². The average molecular weight is 349 g/mol. The number of carbonyl (C=O) groups excluding carboxylic acids is 2. The largest absolute Gasteiger partial charge is 4.00 e. The summed E-state index contributed by atoms with van der Waals surface area (Å²) in [5.41, 5.74) is 0. The van der Waals surface area contributed by atoms with E-state index < -0.39 is 17.9 Å². The molecule has 6 nitrogen and oxygen atoms in total. The topological polar surface area (TPSA) is 118 Å². The maximum Gasteiger partial charge on any atom is 4.00 e. The molecular formula is C8H13O6S3Ti+. The van der Waals surface area contributed by atoms with Gasteiger partial charge >= 0.3 is 21.7 Å². The first-order chi connectivity index (χ1) is 7.81. The second kappa shape index (κ2) is 22.4. The third-order valence-electron chi connectivity index (χ3n) is 0.755. The van der Waals surface area contributed by atoms with Crippen molar-refractivity contribution < 1.29 is 51.4 Å². The third-order valence-corrected chi connectivity index (χ3v) is 1.45. The predicted octanol–water partition coefficient (Wildman–Crippen LogP) is -2.27. The smallest absolute Gasteiger partial charge is 0.782 e. The molecule has 0 radical (unpaired) electrons. The molecule has 0 saturated heterocycles. The molecule has 0 atom stereocenters. The number of hydrogen-bond donors (Lipinski definition) is 3. The predicted molar refractivity (Wildman–Crippen MR) is 66.8 cm³/mol. The van der Waals surface area contributed by atoms with Crippen molar-refractivity contribution in [2.24, 2.45) is 0 Å². The molecule has 0 unspecified atom stereocenters. The number of carboxylic acid groups (broad SMARTS) is 3. The fourth-order valence-electron chi connectivity index (χ4n) is 0.183. The zero-order chi connectivity index (χ0) is 14.3. The Morgan fingerprint density at radius 1 is 1.00 bits per heavy atom. The Morgan fingerprint density at radius 3 is 1.22 bits per heavy atom. The molecule has 0 aliphatic rings. The van der Waals surface area contributed by atoms with E-state index in [9.17, 15) is 24.6 Å². The van der Waals surface area contributed by atoms with E-state index in [2.05, 4.69) is 37.9 Å². The van der Waals surface area contributed by atoms with Gasteiger partial charge in [-0.3, -0.25) is 4.79 Å². The molecule has 0 bridgehead atoms. The van der Waals surface area contributed by atoms with Crippen LogP contribution in [0.5, 0.6) is 0 Å². The van der Waals surface area contributed by atoms with Gasteiger partial charge in [0.2, 0.25) is 0 Å². The molecule has 0 aliphatic heterocycles. The van der Waals surface area contributed by atoms with E-state index in [1.54, 1.807) is 0 Å². The average Bonchev–Trinajstić information content (AvgIpc) is 2.19. The van der Waals surface area contributed by atoms with Crippen LogP contribution in [0.2, 0.25) is 0 Å². The molecule has 1 N–H and O–H groups in total. The Morgan fingerprint density at radius 2 is 1.22 bits per heavy atom.